The van der Waals surface area contributed by atoms with Crippen LogP contribution in [0.25, 0.3) is 0 Å². The van der Waals surface area contributed by atoms with Gasteiger partial charge in [-0.25, -0.2) is 0 Å². The average Bonchev–Trinajstić information content (AvgIpc) is 2.92. The zero-order valence-corrected chi connectivity index (χ0v) is 15.1. The molecule has 0 bridgehead atoms. The number of fused-ring (bicyclic) bond motifs is 1. The van der Waals surface area contributed by atoms with Crippen molar-refractivity contribution >= 4 is 35.2 Å². The SMILES string of the molecule is O=C(CCCN1C(=O)c2ccccc2C1=O)OCC(=O)c1ccc(Cl)cc1. The van der Waals surface area contributed by atoms with Crippen LogP contribution < -0.4 is 0 Å². The Balaban J connectivity index is 1.44. The Morgan fingerprint density at radius 3 is 2.11 bits per heavy atom. The summed E-state index contributed by atoms with van der Waals surface area (Å²) in [5.41, 5.74) is 1.15. The summed E-state index contributed by atoms with van der Waals surface area (Å²) in [5, 5.41) is 0.511. The summed E-state index contributed by atoms with van der Waals surface area (Å²) in [5.74, 6) is -1.61. The highest BCUT2D eigenvalue weighted by Gasteiger charge is 2.34. The van der Waals surface area contributed by atoms with Gasteiger partial charge in [0.1, 0.15) is 0 Å². The number of benzene rings is 2. The quantitative estimate of drug-likeness (QED) is 0.415. The van der Waals surface area contributed by atoms with Crippen LogP contribution in [0.4, 0.5) is 0 Å². The topological polar surface area (TPSA) is 80.8 Å². The number of amides is 2. The zero-order valence-electron chi connectivity index (χ0n) is 14.3. The van der Waals surface area contributed by atoms with Crippen LogP contribution in [-0.2, 0) is 9.53 Å². The summed E-state index contributed by atoms with van der Waals surface area (Å²) in [6, 6.07) is 12.9. The maximum absolute atomic E-state index is 12.2. The normalized spacial score (nSPS) is 12.9. The summed E-state index contributed by atoms with van der Waals surface area (Å²) in [7, 11) is 0. The third-order valence-electron chi connectivity index (χ3n) is 4.17. The fraction of sp³-hybridized carbons (Fsp3) is 0.200. The number of nitrogens with zero attached hydrogens (tertiary/aromatic N) is 1. The molecule has 0 N–H and O–H groups in total. The third-order valence-corrected chi connectivity index (χ3v) is 4.42. The van der Waals surface area contributed by atoms with Gasteiger partial charge < -0.3 is 4.74 Å². The number of ketones is 1. The molecule has 0 radical (unpaired) electrons. The first-order valence-electron chi connectivity index (χ1n) is 8.37. The van der Waals surface area contributed by atoms with Crippen molar-refractivity contribution in [2.24, 2.45) is 0 Å². The van der Waals surface area contributed by atoms with Crippen molar-refractivity contribution in [3.05, 3.63) is 70.2 Å². The number of rotatable bonds is 7. The molecule has 0 saturated heterocycles. The van der Waals surface area contributed by atoms with Gasteiger partial charge in [-0.3, -0.25) is 24.1 Å². The lowest BCUT2D eigenvalue weighted by atomic mass is 10.1. The number of carbonyl (C=O) groups is 4. The molecule has 0 aromatic heterocycles. The maximum atomic E-state index is 12.2. The van der Waals surface area contributed by atoms with Crippen LogP contribution >= 0.6 is 11.6 Å². The van der Waals surface area contributed by atoms with Crippen molar-refractivity contribution in [1.29, 1.82) is 0 Å². The predicted octanol–water partition coefficient (Wildman–Crippen LogP) is 3.14. The van der Waals surface area contributed by atoms with E-state index >= 15 is 0 Å². The molecule has 0 spiro atoms. The first kappa shape index (κ1) is 18.8. The van der Waals surface area contributed by atoms with Crippen LogP contribution in [0, 0.1) is 0 Å². The van der Waals surface area contributed by atoms with Gasteiger partial charge in [-0.15, -0.1) is 0 Å². The van der Waals surface area contributed by atoms with Crippen molar-refractivity contribution in [1.82, 2.24) is 4.90 Å². The Morgan fingerprint density at radius 2 is 1.52 bits per heavy atom. The maximum Gasteiger partial charge on any atom is 0.306 e. The van der Waals surface area contributed by atoms with Gasteiger partial charge in [0.15, 0.2) is 12.4 Å². The Labute approximate surface area is 160 Å². The van der Waals surface area contributed by atoms with Crippen LogP contribution in [0.15, 0.2) is 48.5 Å². The Kier molecular flexibility index (Phi) is 5.66. The van der Waals surface area contributed by atoms with E-state index in [1.165, 1.54) is 0 Å². The van der Waals surface area contributed by atoms with Crippen LogP contribution in [0.2, 0.25) is 5.02 Å². The van der Waals surface area contributed by atoms with Crippen molar-refractivity contribution in [3.8, 4) is 0 Å². The second kappa shape index (κ2) is 8.14. The molecule has 0 aliphatic carbocycles. The number of carbonyl (C=O) groups excluding carboxylic acids is 4. The highest BCUT2D eigenvalue weighted by Crippen LogP contribution is 2.22. The largest absolute Gasteiger partial charge is 0.457 e. The molecule has 2 amide bonds. The molecule has 0 fully saturated rings. The lowest BCUT2D eigenvalue weighted by Crippen LogP contribution is -2.31. The van der Waals surface area contributed by atoms with Crippen molar-refractivity contribution in [2.75, 3.05) is 13.2 Å². The van der Waals surface area contributed by atoms with Crippen molar-refractivity contribution in [3.63, 3.8) is 0 Å². The van der Waals surface area contributed by atoms with Crippen LogP contribution in [-0.4, -0.2) is 41.6 Å². The lowest BCUT2D eigenvalue weighted by molar-refractivity contribution is -0.142. The zero-order chi connectivity index (χ0) is 19.4. The average molecular weight is 386 g/mol. The monoisotopic (exact) mass is 385 g/mol. The van der Waals surface area contributed by atoms with E-state index in [4.69, 9.17) is 16.3 Å². The lowest BCUT2D eigenvalue weighted by Gasteiger charge is -2.13. The number of hydrogen-bond acceptors (Lipinski definition) is 5. The van der Waals surface area contributed by atoms with Gasteiger partial charge in [0.05, 0.1) is 11.1 Å². The number of esters is 1. The fourth-order valence-corrected chi connectivity index (χ4v) is 2.89. The molecule has 2 aromatic rings. The molecule has 1 aliphatic heterocycles. The minimum Gasteiger partial charge on any atom is -0.457 e. The van der Waals surface area contributed by atoms with Crippen LogP contribution in [0.1, 0.15) is 43.9 Å². The van der Waals surface area contributed by atoms with Gasteiger partial charge in [-0.2, -0.15) is 0 Å². The van der Waals surface area contributed by atoms with Gasteiger partial charge in [-0.05, 0) is 42.8 Å². The van der Waals surface area contributed by atoms with Crippen molar-refractivity contribution < 1.29 is 23.9 Å². The summed E-state index contributed by atoms with van der Waals surface area (Å²) < 4.78 is 4.96. The second-order valence-corrected chi connectivity index (χ2v) is 6.44. The number of ether oxygens (including phenoxy) is 1. The molecule has 1 heterocycles. The minimum absolute atomic E-state index is 0.00129. The molecular weight excluding hydrogens is 370 g/mol. The standard InChI is InChI=1S/C20H16ClNO5/c21-14-9-7-13(8-10-14)17(23)12-27-18(24)6-3-11-22-19(25)15-4-1-2-5-16(15)20(22)26/h1-2,4-5,7-10H,3,6,11-12H2. The van der Waals surface area contributed by atoms with E-state index in [-0.39, 0.29) is 43.6 Å². The fourth-order valence-electron chi connectivity index (χ4n) is 2.76. The number of imide groups is 1. The summed E-state index contributed by atoms with van der Waals surface area (Å²) in [6.45, 7) is -0.250. The smallest absolute Gasteiger partial charge is 0.306 e. The molecule has 0 atom stereocenters. The minimum atomic E-state index is -0.561. The first-order chi connectivity index (χ1) is 13.0. The molecule has 2 aromatic carbocycles. The van der Waals surface area contributed by atoms with Gasteiger partial charge in [-0.1, -0.05) is 23.7 Å². The van der Waals surface area contributed by atoms with E-state index in [2.05, 4.69) is 0 Å². The molecule has 0 saturated carbocycles. The summed E-state index contributed by atoms with van der Waals surface area (Å²) in [6.07, 6.45) is 0.265. The van der Waals surface area contributed by atoms with E-state index in [1.54, 1.807) is 48.5 Å². The first-order valence-corrected chi connectivity index (χ1v) is 8.75. The molecule has 7 heteroatoms. The highest BCUT2D eigenvalue weighted by molar-refractivity contribution is 6.30. The molecule has 6 nitrogen and oxygen atoms in total. The van der Waals surface area contributed by atoms with Gasteiger partial charge in [0.25, 0.3) is 11.8 Å². The van der Waals surface area contributed by atoms with E-state index in [9.17, 15) is 19.2 Å². The molecular formula is C20H16ClNO5. The van der Waals surface area contributed by atoms with Crippen LogP contribution in [0.5, 0.6) is 0 Å². The highest BCUT2D eigenvalue weighted by atomic mass is 35.5. The number of Topliss-reactive ketones (excluding diaryl/α,β-unsaturated/α-hetero) is 1. The molecule has 138 valence electrons. The molecule has 0 unspecified atom stereocenters. The summed E-state index contributed by atoms with van der Waals surface area (Å²) >= 11 is 5.76. The Bertz CT molecular complexity index is 872. The van der Waals surface area contributed by atoms with E-state index < -0.39 is 5.97 Å². The van der Waals surface area contributed by atoms with E-state index in [0.29, 0.717) is 21.7 Å². The second-order valence-electron chi connectivity index (χ2n) is 6.00. The third kappa shape index (κ3) is 4.23. The number of hydrogen-bond donors (Lipinski definition) is 0. The van der Waals surface area contributed by atoms with Gasteiger partial charge in [0.2, 0.25) is 0 Å². The van der Waals surface area contributed by atoms with Crippen LogP contribution in [0.3, 0.4) is 0 Å². The van der Waals surface area contributed by atoms with E-state index in [1.807, 2.05) is 0 Å². The van der Waals surface area contributed by atoms with Gasteiger partial charge in [0, 0.05) is 23.6 Å². The Hall–Kier alpha value is -2.99. The summed E-state index contributed by atoms with van der Waals surface area (Å²) in [4.78, 5) is 49.3. The van der Waals surface area contributed by atoms with Gasteiger partial charge >= 0.3 is 5.97 Å². The Morgan fingerprint density at radius 1 is 0.926 bits per heavy atom. The molecule has 1 aliphatic rings. The predicted molar refractivity (Wildman–Crippen MR) is 97.8 cm³/mol. The molecule has 27 heavy (non-hydrogen) atoms. The number of halogens is 1. The molecule has 3 rings (SSSR count). The van der Waals surface area contributed by atoms with E-state index in [0.717, 1.165) is 4.90 Å². The van der Waals surface area contributed by atoms with Crippen molar-refractivity contribution in [2.45, 2.75) is 12.8 Å².